The Balaban J connectivity index is 2.31. The predicted octanol–water partition coefficient (Wildman–Crippen LogP) is 1.36. The molecule has 1 aliphatic rings. The third-order valence-electron chi connectivity index (χ3n) is 3.05. The Morgan fingerprint density at radius 2 is 2.07 bits per heavy atom. The maximum Gasteiger partial charge on any atom is 0.239 e. The summed E-state index contributed by atoms with van der Waals surface area (Å²) in [7, 11) is 0. The van der Waals surface area contributed by atoms with Crippen LogP contribution in [0, 0.1) is 11.8 Å². The number of likely N-dealkylation sites (tertiary alicyclic amines) is 1. The van der Waals surface area contributed by atoms with Crippen LogP contribution in [0.4, 0.5) is 4.48 Å². The molecule has 0 bridgehead atoms. The molecule has 1 N–H and O–H groups in total. The van der Waals surface area contributed by atoms with Crippen molar-refractivity contribution in [2.45, 2.75) is 26.7 Å². The molecule has 4 heteroatoms. The van der Waals surface area contributed by atoms with Gasteiger partial charge in [0.15, 0.2) is 0 Å². The molecule has 0 aliphatic carbocycles. The van der Waals surface area contributed by atoms with E-state index < -0.39 is 0 Å². The van der Waals surface area contributed by atoms with Gasteiger partial charge in [-0.05, 0) is 24.7 Å². The maximum atomic E-state index is 11.7. The number of nitrogens with one attached hydrogen (secondary N) is 1. The first-order chi connectivity index (χ1) is 6.65. The van der Waals surface area contributed by atoms with Crippen molar-refractivity contribution in [3.8, 4) is 0 Å². The van der Waals surface area contributed by atoms with Crippen LogP contribution in [-0.4, -0.2) is 30.4 Å². The Morgan fingerprint density at radius 1 is 1.50 bits per heavy atom. The Morgan fingerprint density at radius 3 is 2.50 bits per heavy atom. The minimum absolute atomic E-state index is 0.130. The molecule has 0 aromatic heterocycles. The lowest BCUT2D eigenvalue weighted by atomic mass is 9.87. The second kappa shape index (κ2) is 5.29. The molecular weight excluding hydrogens is 183 g/mol. The summed E-state index contributed by atoms with van der Waals surface area (Å²) in [6.07, 6.45) is 2.10. The van der Waals surface area contributed by atoms with Gasteiger partial charge in [-0.25, -0.2) is 0 Å². The molecule has 1 saturated heterocycles. The van der Waals surface area contributed by atoms with Crippen LogP contribution in [0.2, 0.25) is 0 Å². The Hall–Kier alpha value is -0.640. The monoisotopic (exact) mass is 202 g/mol. The molecular formula is C10H19FN2O. The molecule has 0 atom stereocenters. The fourth-order valence-electron chi connectivity index (χ4n) is 1.98. The van der Waals surface area contributed by atoms with Gasteiger partial charge in [0.1, 0.15) is 6.54 Å². The predicted molar refractivity (Wildman–Crippen MR) is 53.3 cm³/mol. The number of carbonyl (C=O) groups is 1. The highest BCUT2D eigenvalue weighted by atomic mass is 19.2. The number of rotatable bonds is 3. The molecule has 0 aromatic rings. The molecule has 82 valence electrons. The van der Waals surface area contributed by atoms with E-state index in [-0.39, 0.29) is 12.5 Å². The molecule has 1 aliphatic heterocycles. The van der Waals surface area contributed by atoms with Crippen molar-refractivity contribution in [2.75, 3.05) is 19.6 Å². The van der Waals surface area contributed by atoms with Crippen molar-refractivity contribution in [1.29, 1.82) is 0 Å². The number of carbonyl (C=O) groups excluding carboxylic acids is 1. The Labute approximate surface area is 84.6 Å². The number of halogens is 1. The number of piperidine rings is 1. The van der Waals surface area contributed by atoms with Crippen LogP contribution in [0.3, 0.4) is 0 Å². The van der Waals surface area contributed by atoms with Gasteiger partial charge in [-0.15, -0.1) is 10.0 Å². The molecule has 0 saturated carbocycles. The normalized spacial score (nSPS) is 19.0. The maximum absolute atomic E-state index is 11.7. The van der Waals surface area contributed by atoms with Gasteiger partial charge < -0.3 is 4.90 Å². The van der Waals surface area contributed by atoms with Crippen LogP contribution in [-0.2, 0) is 4.79 Å². The van der Waals surface area contributed by atoms with E-state index >= 15 is 0 Å². The second-order valence-electron chi connectivity index (χ2n) is 4.27. The van der Waals surface area contributed by atoms with Gasteiger partial charge in [0.25, 0.3) is 0 Å². The first-order valence-corrected chi connectivity index (χ1v) is 5.26. The molecule has 0 spiro atoms. The average Bonchev–Trinajstić information content (AvgIpc) is 2.18. The summed E-state index contributed by atoms with van der Waals surface area (Å²) in [5.41, 5.74) is 1.41. The van der Waals surface area contributed by atoms with E-state index in [2.05, 4.69) is 13.8 Å². The lowest BCUT2D eigenvalue weighted by molar-refractivity contribution is -0.132. The zero-order valence-electron chi connectivity index (χ0n) is 8.92. The zero-order valence-corrected chi connectivity index (χ0v) is 8.92. The molecule has 1 heterocycles. The minimum Gasteiger partial charge on any atom is -0.341 e. The van der Waals surface area contributed by atoms with Gasteiger partial charge >= 0.3 is 0 Å². The van der Waals surface area contributed by atoms with E-state index in [1.165, 1.54) is 5.54 Å². The summed E-state index contributed by atoms with van der Waals surface area (Å²) < 4.78 is 11.7. The Bertz CT molecular complexity index is 189. The first-order valence-electron chi connectivity index (χ1n) is 5.26. The highest BCUT2D eigenvalue weighted by molar-refractivity contribution is 5.78. The van der Waals surface area contributed by atoms with Crippen molar-refractivity contribution in [2.24, 2.45) is 11.8 Å². The smallest absolute Gasteiger partial charge is 0.239 e. The largest absolute Gasteiger partial charge is 0.341 e. The standard InChI is InChI=1S/C10H19FN2O/c1-8(2)9-3-5-13(6-4-9)10(14)7-12-11/h8-9,12H,3-7H2,1-2H3. The minimum atomic E-state index is -0.188. The molecule has 0 radical (unpaired) electrons. The van der Waals surface area contributed by atoms with E-state index in [0.717, 1.165) is 31.8 Å². The first kappa shape index (κ1) is 11.4. The number of amides is 1. The van der Waals surface area contributed by atoms with E-state index in [1.807, 2.05) is 0 Å². The van der Waals surface area contributed by atoms with Gasteiger partial charge in [0.05, 0.1) is 0 Å². The van der Waals surface area contributed by atoms with Crippen LogP contribution in [0.5, 0.6) is 0 Å². The fraction of sp³-hybridized carbons (Fsp3) is 0.900. The van der Waals surface area contributed by atoms with Crippen LogP contribution in [0.25, 0.3) is 0 Å². The van der Waals surface area contributed by atoms with E-state index in [9.17, 15) is 9.28 Å². The SMILES string of the molecule is CC(C)C1CCN(C(=O)CNF)CC1. The molecule has 1 amide bonds. The number of nitrogens with zero attached hydrogens (tertiary/aromatic N) is 1. The van der Waals surface area contributed by atoms with E-state index in [1.54, 1.807) is 4.90 Å². The third kappa shape index (κ3) is 2.94. The summed E-state index contributed by atoms with van der Waals surface area (Å²) in [6, 6.07) is 0. The van der Waals surface area contributed by atoms with Crippen LogP contribution < -0.4 is 5.54 Å². The van der Waals surface area contributed by atoms with Crippen molar-refractivity contribution < 1.29 is 9.28 Å². The van der Waals surface area contributed by atoms with Crippen LogP contribution in [0.1, 0.15) is 26.7 Å². The third-order valence-corrected chi connectivity index (χ3v) is 3.05. The van der Waals surface area contributed by atoms with E-state index in [4.69, 9.17) is 0 Å². The van der Waals surface area contributed by atoms with Gasteiger partial charge in [0.2, 0.25) is 5.91 Å². The summed E-state index contributed by atoms with van der Waals surface area (Å²) in [5, 5.41) is 0. The molecule has 0 aromatic carbocycles. The molecule has 0 unspecified atom stereocenters. The van der Waals surface area contributed by atoms with Gasteiger partial charge in [-0.2, -0.15) is 0 Å². The molecule has 14 heavy (non-hydrogen) atoms. The average molecular weight is 202 g/mol. The van der Waals surface area contributed by atoms with Crippen molar-refractivity contribution in [1.82, 2.24) is 10.4 Å². The van der Waals surface area contributed by atoms with Crippen molar-refractivity contribution in [3.63, 3.8) is 0 Å². The van der Waals surface area contributed by atoms with Gasteiger partial charge in [0, 0.05) is 13.1 Å². The van der Waals surface area contributed by atoms with Crippen LogP contribution >= 0.6 is 0 Å². The topological polar surface area (TPSA) is 32.3 Å². The van der Waals surface area contributed by atoms with Gasteiger partial charge in [-0.3, -0.25) is 4.79 Å². The summed E-state index contributed by atoms with van der Waals surface area (Å²) in [5.74, 6) is 1.28. The van der Waals surface area contributed by atoms with Gasteiger partial charge in [-0.1, -0.05) is 13.8 Å². The quantitative estimate of drug-likeness (QED) is 0.701. The van der Waals surface area contributed by atoms with Crippen LogP contribution in [0.15, 0.2) is 0 Å². The number of hydrogen-bond acceptors (Lipinski definition) is 2. The lowest BCUT2D eigenvalue weighted by Crippen LogP contribution is -2.42. The lowest BCUT2D eigenvalue weighted by Gasteiger charge is -2.33. The summed E-state index contributed by atoms with van der Waals surface area (Å²) >= 11 is 0. The molecule has 1 fully saturated rings. The number of hydrogen-bond donors (Lipinski definition) is 1. The van der Waals surface area contributed by atoms with E-state index in [0.29, 0.717) is 5.92 Å². The summed E-state index contributed by atoms with van der Waals surface area (Å²) in [4.78, 5) is 13.0. The Kier molecular flexibility index (Phi) is 4.32. The summed E-state index contributed by atoms with van der Waals surface area (Å²) in [6.45, 7) is 5.80. The van der Waals surface area contributed by atoms with Crippen molar-refractivity contribution >= 4 is 5.91 Å². The highest BCUT2D eigenvalue weighted by Crippen LogP contribution is 2.24. The van der Waals surface area contributed by atoms with Crippen molar-refractivity contribution in [3.05, 3.63) is 0 Å². The fourth-order valence-corrected chi connectivity index (χ4v) is 1.98. The second-order valence-corrected chi connectivity index (χ2v) is 4.27. The molecule has 3 nitrogen and oxygen atoms in total. The highest BCUT2D eigenvalue weighted by Gasteiger charge is 2.23. The molecule has 1 rings (SSSR count). The zero-order chi connectivity index (χ0) is 10.6.